The van der Waals surface area contributed by atoms with Crippen molar-refractivity contribution in [1.29, 1.82) is 0 Å². The fraction of sp³-hybridized carbons (Fsp3) is 0.800. The highest BCUT2D eigenvalue weighted by Crippen LogP contribution is 1.90. The Bertz CT molecular complexity index is 117. The van der Waals surface area contributed by atoms with Gasteiger partial charge >= 0.3 is 13.0 Å². The molecule has 5 heteroatoms. The van der Waals surface area contributed by atoms with Crippen molar-refractivity contribution in [3.63, 3.8) is 0 Å². The van der Waals surface area contributed by atoms with Gasteiger partial charge in [0.05, 0.1) is 5.92 Å². The molecule has 0 radical (unpaired) electrons. The summed E-state index contributed by atoms with van der Waals surface area (Å²) in [6.07, 6.45) is 0. The smallest absolute Gasteiger partial charge is 0.373 e. The number of rotatable bonds is 4. The molecule has 0 fully saturated rings. The summed E-state index contributed by atoms with van der Waals surface area (Å²) in [5.74, 6) is -1.30. The van der Waals surface area contributed by atoms with Gasteiger partial charge in [-0.1, -0.05) is 6.92 Å². The molecule has 0 heterocycles. The van der Waals surface area contributed by atoms with Crippen LogP contribution >= 0.6 is 0 Å². The van der Waals surface area contributed by atoms with Gasteiger partial charge in [-0.2, -0.15) is 0 Å². The van der Waals surface area contributed by atoms with E-state index in [1.54, 1.807) is 13.7 Å². The van der Waals surface area contributed by atoms with Crippen molar-refractivity contribution >= 4 is 13.0 Å². The molecule has 0 aliphatic rings. The van der Waals surface area contributed by atoms with E-state index in [4.69, 9.17) is 10.1 Å². The maximum absolute atomic E-state index is 10.2. The minimum absolute atomic E-state index is 0.299. The van der Waals surface area contributed by atoms with E-state index in [-0.39, 0.29) is 0 Å². The average molecular weight is 145 g/mol. The monoisotopic (exact) mass is 145 g/mol. The lowest BCUT2D eigenvalue weighted by atomic mass is 9.88. The Balaban J connectivity index is 3.40. The first-order chi connectivity index (χ1) is 4.54. The Kier molecular flexibility index (Phi) is 4.06. The SMILES string of the molecule is CB(O)NCC(C)C(=O)O. The van der Waals surface area contributed by atoms with Gasteiger partial charge in [0.15, 0.2) is 0 Å². The van der Waals surface area contributed by atoms with Crippen molar-refractivity contribution < 1.29 is 14.9 Å². The standard InChI is InChI=1S/C5H12BNO3/c1-4(5(8)9)3-7-6(2)10/h4,7,10H,3H2,1-2H3,(H,8,9). The molecule has 0 saturated heterocycles. The molecule has 0 rings (SSSR count). The second kappa shape index (κ2) is 4.30. The molecule has 0 saturated carbocycles. The first-order valence-electron chi connectivity index (χ1n) is 3.18. The zero-order chi connectivity index (χ0) is 8.15. The summed E-state index contributed by atoms with van der Waals surface area (Å²) in [6.45, 7) is 3.43. The minimum atomic E-state index is -0.854. The number of carboxylic acid groups (broad SMARTS) is 1. The fourth-order valence-corrected chi connectivity index (χ4v) is 0.435. The highest BCUT2D eigenvalue weighted by Gasteiger charge is 2.11. The fourth-order valence-electron chi connectivity index (χ4n) is 0.435. The summed E-state index contributed by atoms with van der Waals surface area (Å²) in [4.78, 5) is 10.2. The lowest BCUT2D eigenvalue weighted by Gasteiger charge is -2.06. The molecule has 0 aromatic rings. The Morgan fingerprint density at radius 1 is 1.80 bits per heavy atom. The van der Waals surface area contributed by atoms with Gasteiger partial charge in [-0.25, -0.2) is 0 Å². The van der Waals surface area contributed by atoms with Crippen LogP contribution in [-0.4, -0.2) is 29.7 Å². The van der Waals surface area contributed by atoms with Crippen LogP contribution in [0, 0.1) is 5.92 Å². The first kappa shape index (κ1) is 9.45. The molecule has 1 unspecified atom stereocenters. The molecule has 0 aliphatic carbocycles. The van der Waals surface area contributed by atoms with Crippen LogP contribution < -0.4 is 5.23 Å². The van der Waals surface area contributed by atoms with Crippen molar-refractivity contribution in [1.82, 2.24) is 5.23 Å². The third-order valence-electron chi connectivity index (χ3n) is 1.14. The van der Waals surface area contributed by atoms with E-state index in [9.17, 15) is 4.79 Å². The molecule has 1 atom stereocenters. The molecule has 0 spiro atoms. The Morgan fingerprint density at radius 2 is 2.30 bits per heavy atom. The Morgan fingerprint density at radius 3 is 2.60 bits per heavy atom. The maximum atomic E-state index is 10.2. The summed E-state index contributed by atoms with van der Waals surface area (Å²) in [7, 11) is -0.637. The number of nitrogens with one attached hydrogen (secondary N) is 1. The van der Waals surface area contributed by atoms with Crippen LogP contribution in [0.2, 0.25) is 6.82 Å². The van der Waals surface area contributed by atoms with Gasteiger partial charge in [0.2, 0.25) is 0 Å². The van der Waals surface area contributed by atoms with Crippen LogP contribution in [0.4, 0.5) is 0 Å². The van der Waals surface area contributed by atoms with E-state index in [2.05, 4.69) is 5.23 Å². The predicted molar refractivity (Wildman–Crippen MR) is 38.6 cm³/mol. The molecular weight excluding hydrogens is 133 g/mol. The van der Waals surface area contributed by atoms with Crippen molar-refractivity contribution in [2.45, 2.75) is 13.7 Å². The van der Waals surface area contributed by atoms with Crippen molar-refractivity contribution in [3.05, 3.63) is 0 Å². The highest BCUT2D eigenvalue weighted by atomic mass is 16.4. The lowest BCUT2D eigenvalue weighted by Crippen LogP contribution is -2.36. The summed E-state index contributed by atoms with van der Waals surface area (Å²) >= 11 is 0. The van der Waals surface area contributed by atoms with E-state index >= 15 is 0 Å². The van der Waals surface area contributed by atoms with E-state index < -0.39 is 18.9 Å². The second-order valence-electron chi connectivity index (χ2n) is 2.32. The first-order valence-corrected chi connectivity index (χ1v) is 3.18. The highest BCUT2D eigenvalue weighted by molar-refractivity contribution is 6.45. The van der Waals surface area contributed by atoms with Crippen molar-refractivity contribution in [3.8, 4) is 0 Å². The number of carboxylic acids is 1. The average Bonchev–Trinajstić information content (AvgIpc) is 1.82. The molecule has 0 aromatic carbocycles. The molecule has 0 aliphatic heterocycles. The van der Waals surface area contributed by atoms with Crippen LogP contribution in [0.3, 0.4) is 0 Å². The number of aliphatic carboxylic acids is 1. The Hall–Kier alpha value is -0.545. The minimum Gasteiger partial charge on any atom is -0.481 e. The largest absolute Gasteiger partial charge is 0.481 e. The van der Waals surface area contributed by atoms with Crippen LogP contribution in [0.15, 0.2) is 0 Å². The molecule has 0 bridgehead atoms. The normalized spacial score (nSPS) is 12.7. The number of carbonyl (C=O) groups is 1. The van der Waals surface area contributed by atoms with Crippen molar-refractivity contribution in [2.24, 2.45) is 5.92 Å². The van der Waals surface area contributed by atoms with Gasteiger partial charge in [-0.05, 0) is 13.4 Å². The molecule has 4 nitrogen and oxygen atoms in total. The van der Waals surface area contributed by atoms with E-state index in [1.807, 2.05) is 0 Å². The molecule has 3 N–H and O–H groups in total. The van der Waals surface area contributed by atoms with Crippen LogP contribution in [0.1, 0.15) is 6.92 Å². The molecule has 0 amide bonds. The molecule has 58 valence electrons. The van der Waals surface area contributed by atoms with E-state index in [0.29, 0.717) is 6.54 Å². The van der Waals surface area contributed by atoms with Gasteiger partial charge < -0.3 is 15.4 Å². The quantitative estimate of drug-likeness (QED) is 0.462. The zero-order valence-corrected chi connectivity index (χ0v) is 6.16. The zero-order valence-electron chi connectivity index (χ0n) is 6.16. The van der Waals surface area contributed by atoms with Gasteiger partial charge in [0, 0.05) is 0 Å². The topological polar surface area (TPSA) is 69.6 Å². The van der Waals surface area contributed by atoms with Crippen LogP contribution in [0.25, 0.3) is 0 Å². The number of hydrogen-bond acceptors (Lipinski definition) is 3. The maximum Gasteiger partial charge on any atom is 0.373 e. The molecule has 0 aromatic heterocycles. The van der Waals surface area contributed by atoms with Crippen molar-refractivity contribution in [2.75, 3.05) is 6.54 Å². The summed E-state index contributed by atoms with van der Waals surface area (Å²) in [6, 6.07) is 0. The summed E-state index contributed by atoms with van der Waals surface area (Å²) < 4.78 is 0. The third-order valence-corrected chi connectivity index (χ3v) is 1.14. The van der Waals surface area contributed by atoms with Gasteiger partial charge in [0.1, 0.15) is 0 Å². The van der Waals surface area contributed by atoms with Gasteiger partial charge in [-0.3, -0.25) is 4.79 Å². The third kappa shape index (κ3) is 4.35. The van der Waals surface area contributed by atoms with Gasteiger partial charge in [0.25, 0.3) is 0 Å². The van der Waals surface area contributed by atoms with Gasteiger partial charge in [-0.15, -0.1) is 0 Å². The lowest BCUT2D eigenvalue weighted by molar-refractivity contribution is -0.140. The molecule has 10 heavy (non-hydrogen) atoms. The van der Waals surface area contributed by atoms with E-state index in [1.165, 1.54) is 0 Å². The van der Waals surface area contributed by atoms with Crippen LogP contribution in [-0.2, 0) is 4.79 Å². The Labute approximate surface area is 60.4 Å². The predicted octanol–water partition coefficient (Wildman–Crippen LogP) is -0.593. The van der Waals surface area contributed by atoms with Crippen LogP contribution in [0.5, 0.6) is 0 Å². The summed E-state index contributed by atoms with van der Waals surface area (Å²) in [5.41, 5.74) is 0. The number of hydrogen-bond donors (Lipinski definition) is 3. The molecular formula is C5H12BNO3. The second-order valence-corrected chi connectivity index (χ2v) is 2.32. The summed E-state index contributed by atoms with van der Waals surface area (Å²) in [5, 5.41) is 19.7. The van der Waals surface area contributed by atoms with E-state index in [0.717, 1.165) is 0 Å².